The van der Waals surface area contributed by atoms with Crippen molar-refractivity contribution in [3.05, 3.63) is 70.2 Å². The van der Waals surface area contributed by atoms with Gasteiger partial charge in [-0.2, -0.15) is 0 Å². The third kappa shape index (κ3) is 4.59. The molecule has 28 heavy (non-hydrogen) atoms. The van der Waals surface area contributed by atoms with Crippen LogP contribution in [0.25, 0.3) is 0 Å². The number of aliphatic hydroxyl groups is 2. The molecule has 2 aromatic rings. The first-order valence-electron chi connectivity index (χ1n) is 9.14. The molecule has 148 valence electrons. The number of nitrogens with zero attached hydrogens (tertiary/aromatic N) is 2. The van der Waals surface area contributed by atoms with Crippen LogP contribution < -0.4 is 0 Å². The zero-order valence-electron chi connectivity index (χ0n) is 15.6. The van der Waals surface area contributed by atoms with E-state index in [-0.39, 0.29) is 13.1 Å². The summed E-state index contributed by atoms with van der Waals surface area (Å²) >= 11 is 6.22. The van der Waals surface area contributed by atoms with Crippen LogP contribution in [0.1, 0.15) is 33.2 Å². The lowest BCUT2D eigenvalue weighted by Crippen LogP contribution is -2.44. The summed E-state index contributed by atoms with van der Waals surface area (Å²) < 4.78 is 0. The van der Waals surface area contributed by atoms with E-state index in [1.54, 1.807) is 37.3 Å². The van der Waals surface area contributed by atoms with E-state index in [2.05, 4.69) is 0 Å². The molecule has 0 spiro atoms. The number of rotatable bonds is 8. The van der Waals surface area contributed by atoms with Crippen molar-refractivity contribution < 1.29 is 19.8 Å². The minimum atomic E-state index is -0.955. The maximum atomic E-state index is 12.5. The number of carbonyl (C=O) groups is 2. The Morgan fingerprint density at radius 1 is 0.964 bits per heavy atom. The maximum absolute atomic E-state index is 12.5. The van der Waals surface area contributed by atoms with Gasteiger partial charge in [-0.05, 0) is 30.7 Å². The van der Waals surface area contributed by atoms with Crippen LogP contribution in [-0.2, 0) is 6.54 Å². The van der Waals surface area contributed by atoms with E-state index in [1.807, 2.05) is 23.1 Å². The number of amides is 2. The van der Waals surface area contributed by atoms with Crippen molar-refractivity contribution in [2.75, 3.05) is 19.6 Å². The number of carbonyl (C=O) groups excluding carboxylic acids is 2. The first-order chi connectivity index (χ1) is 13.4. The highest BCUT2D eigenvalue weighted by atomic mass is 35.5. The summed E-state index contributed by atoms with van der Waals surface area (Å²) in [5, 5.41) is 21.0. The average Bonchev–Trinajstić information content (AvgIpc) is 2.88. The third-order valence-electron chi connectivity index (χ3n) is 4.61. The quantitative estimate of drug-likeness (QED) is 0.661. The van der Waals surface area contributed by atoms with Crippen molar-refractivity contribution in [2.45, 2.75) is 25.7 Å². The van der Waals surface area contributed by atoms with Crippen molar-refractivity contribution in [1.29, 1.82) is 0 Å². The van der Waals surface area contributed by atoms with E-state index in [0.29, 0.717) is 29.2 Å². The molecule has 2 aromatic carbocycles. The molecule has 0 aliphatic carbocycles. The molecule has 0 saturated heterocycles. The summed E-state index contributed by atoms with van der Waals surface area (Å²) in [6.07, 6.45) is -1.56. The van der Waals surface area contributed by atoms with Crippen LogP contribution in [0.3, 0.4) is 0 Å². The lowest BCUT2D eigenvalue weighted by molar-refractivity contribution is 0.0397. The Morgan fingerprint density at radius 2 is 1.54 bits per heavy atom. The van der Waals surface area contributed by atoms with Gasteiger partial charge in [0.05, 0.1) is 29.9 Å². The van der Waals surface area contributed by atoms with Crippen molar-refractivity contribution >= 4 is 23.4 Å². The van der Waals surface area contributed by atoms with Gasteiger partial charge in [0.2, 0.25) is 0 Å². The van der Waals surface area contributed by atoms with Gasteiger partial charge in [0.25, 0.3) is 11.8 Å². The fourth-order valence-corrected chi connectivity index (χ4v) is 3.61. The van der Waals surface area contributed by atoms with Crippen molar-refractivity contribution in [3.8, 4) is 0 Å². The number of halogens is 1. The van der Waals surface area contributed by atoms with Gasteiger partial charge in [-0.3, -0.25) is 19.4 Å². The Hall–Kier alpha value is -2.25. The summed E-state index contributed by atoms with van der Waals surface area (Å²) in [5.74, 6) is -0.791. The van der Waals surface area contributed by atoms with Gasteiger partial charge in [-0.15, -0.1) is 0 Å². The van der Waals surface area contributed by atoms with E-state index in [9.17, 15) is 19.8 Å². The van der Waals surface area contributed by atoms with Crippen LogP contribution in [0.15, 0.2) is 48.5 Å². The molecule has 6 nitrogen and oxygen atoms in total. The third-order valence-corrected chi connectivity index (χ3v) is 4.98. The van der Waals surface area contributed by atoms with E-state index >= 15 is 0 Å². The predicted octanol–water partition coefficient (Wildman–Crippen LogP) is 2.18. The van der Waals surface area contributed by atoms with E-state index in [1.165, 1.54) is 0 Å². The van der Waals surface area contributed by atoms with Gasteiger partial charge >= 0.3 is 0 Å². The highest BCUT2D eigenvalue weighted by Gasteiger charge is 2.36. The molecule has 2 atom stereocenters. The molecule has 1 heterocycles. The monoisotopic (exact) mass is 402 g/mol. The van der Waals surface area contributed by atoms with Crippen LogP contribution in [0.2, 0.25) is 5.02 Å². The van der Waals surface area contributed by atoms with Gasteiger partial charge in [0.15, 0.2) is 0 Å². The fourth-order valence-electron chi connectivity index (χ4n) is 3.42. The fraction of sp³-hybridized carbons (Fsp3) is 0.333. The molecule has 2 unspecified atom stereocenters. The lowest BCUT2D eigenvalue weighted by Gasteiger charge is -2.28. The maximum Gasteiger partial charge on any atom is 0.261 e. The molecule has 2 amide bonds. The molecule has 0 radical (unpaired) electrons. The Labute approximate surface area is 169 Å². The summed E-state index contributed by atoms with van der Waals surface area (Å²) in [6.45, 7) is 2.50. The Bertz CT molecular complexity index is 836. The SMILES string of the molecule is CC(O)CN(Cc1ccccc1Cl)CC(O)CN1C(=O)c2ccccc2C1=O. The number of aliphatic hydroxyl groups excluding tert-OH is 2. The van der Waals surface area contributed by atoms with Crippen molar-refractivity contribution in [3.63, 3.8) is 0 Å². The number of hydrogen-bond acceptors (Lipinski definition) is 5. The first-order valence-corrected chi connectivity index (χ1v) is 9.51. The number of benzene rings is 2. The Kier molecular flexibility index (Phi) is 6.46. The smallest absolute Gasteiger partial charge is 0.261 e. The standard InChI is InChI=1S/C21H23ClN2O4/c1-14(25)10-23(11-15-6-2-5-9-19(15)22)12-16(26)13-24-20(27)17-7-3-4-8-18(17)21(24)28/h2-9,14,16,25-26H,10-13H2,1H3. The van der Waals surface area contributed by atoms with Gasteiger partial charge in [0, 0.05) is 24.7 Å². The summed E-state index contributed by atoms with van der Waals surface area (Å²) in [7, 11) is 0. The molecule has 0 saturated carbocycles. The highest BCUT2D eigenvalue weighted by molar-refractivity contribution is 6.31. The molecular weight excluding hydrogens is 380 g/mol. The van der Waals surface area contributed by atoms with Crippen LogP contribution in [0.5, 0.6) is 0 Å². The van der Waals surface area contributed by atoms with Gasteiger partial charge < -0.3 is 10.2 Å². The zero-order chi connectivity index (χ0) is 20.3. The number of fused-ring (bicyclic) bond motifs is 1. The number of imide groups is 1. The van der Waals surface area contributed by atoms with E-state index < -0.39 is 24.0 Å². The lowest BCUT2D eigenvalue weighted by atomic mass is 10.1. The van der Waals surface area contributed by atoms with E-state index in [0.717, 1.165) is 10.5 Å². The molecule has 0 bridgehead atoms. The summed E-state index contributed by atoms with van der Waals surface area (Å²) in [5.41, 5.74) is 1.59. The molecule has 3 rings (SSSR count). The molecule has 7 heteroatoms. The molecule has 2 N–H and O–H groups in total. The highest BCUT2D eigenvalue weighted by Crippen LogP contribution is 2.23. The second kappa shape index (κ2) is 8.84. The van der Waals surface area contributed by atoms with Gasteiger partial charge in [-0.25, -0.2) is 0 Å². The van der Waals surface area contributed by atoms with Crippen LogP contribution in [-0.4, -0.2) is 63.7 Å². The van der Waals surface area contributed by atoms with Gasteiger partial charge in [-0.1, -0.05) is 41.9 Å². The van der Waals surface area contributed by atoms with Crippen LogP contribution >= 0.6 is 11.6 Å². The largest absolute Gasteiger partial charge is 0.392 e. The zero-order valence-corrected chi connectivity index (χ0v) is 16.3. The Morgan fingerprint density at radius 3 is 2.11 bits per heavy atom. The molecular formula is C21H23ClN2O4. The minimum Gasteiger partial charge on any atom is -0.392 e. The molecule has 1 aliphatic rings. The first kappa shape index (κ1) is 20.5. The molecule has 1 aliphatic heterocycles. The van der Waals surface area contributed by atoms with Crippen LogP contribution in [0, 0.1) is 0 Å². The predicted molar refractivity (Wildman–Crippen MR) is 106 cm³/mol. The second-order valence-corrected chi connectivity index (χ2v) is 7.46. The van der Waals surface area contributed by atoms with Crippen molar-refractivity contribution in [2.24, 2.45) is 0 Å². The minimum absolute atomic E-state index is 0.106. The number of β-amino-alcohol motifs (C(OH)–C–C–N with tert-alkyl or cyclic N) is 1. The van der Waals surface area contributed by atoms with Gasteiger partial charge in [0.1, 0.15) is 0 Å². The molecule has 0 aromatic heterocycles. The van der Waals surface area contributed by atoms with Crippen molar-refractivity contribution in [1.82, 2.24) is 9.80 Å². The topological polar surface area (TPSA) is 81.1 Å². The van der Waals surface area contributed by atoms with Crippen LogP contribution in [0.4, 0.5) is 0 Å². The Balaban J connectivity index is 1.67. The van der Waals surface area contributed by atoms with E-state index in [4.69, 9.17) is 11.6 Å². The second-order valence-electron chi connectivity index (χ2n) is 7.05. The normalized spacial score (nSPS) is 15.8. The summed E-state index contributed by atoms with van der Waals surface area (Å²) in [6, 6.07) is 14.0. The summed E-state index contributed by atoms with van der Waals surface area (Å²) in [4.78, 5) is 27.9. The molecule has 0 fully saturated rings. The average molecular weight is 403 g/mol. The number of hydrogen-bond donors (Lipinski definition) is 2.